The van der Waals surface area contributed by atoms with Gasteiger partial charge in [-0.25, -0.2) is 0 Å². The average Bonchev–Trinajstić information content (AvgIpc) is 2.75. The Morgan fingerprint density at radius 2 is 2.10 bits per heavy atom. The first-order valence-electron chi connectivity index (χ1n) is 7.29. The highest BCUT2D eigenvalue weighted by Crippen LogP contribution is 2.24. The molecule has 0 amide bonds. The van der Waals surface area contributed by atoms with Crippen molar-refractivity contribution in [3.8, 4) is 0 Å². The fourth-order valence-electron chi connectivity index (χ4n) is 2.50. The van der Waals surface area contributed by atoms with Crippen LogP contribution in [0.1, 0.15) is 30.8 Å². The van der Waals surface area contributed by atoms with Gasteiger partial charge in [0.1, 0.15) is 0 Å². The Kier molecular flexibility index (Phi) is 5.85. The summed E-state index contributed by atoms with van der Waals surface area (Å²) in [5.41, 5.74) is 9.78. The number of rotatable bonds is 6. The predicted octanol–water partition coefficient (Wildman–Crippen LogP) is 3.99. The standard InChI is InChI=1S/C16H21BrClN3/c1-3-14-16(17)15(21(4-2)20-14)10-13(19)9-11-6-5-7-12(18)8-11/h5-8,13H,3-4,9-10,19H2,1-2H3. The van der Waals surface area contributed by atoms with Crippen LogP contribution < -0.4 is 5.73 Å². The Hall–Kier alpha value is -0.840. The molecular weight excluding hydrogens is 350 g/mol. The third-order valence-electron chi connectivity index (χ3n) is 3.54. The summed E-state index contributed by atoms with van der Waals surface area (Å²) in [6.07, 6.45) is 2.53. The molecule has 1 atom stereocenters. The lowest BCUT2D eigenvalue weighted by Crippen LogP contribution is -2.27. The van der Waals surface area contributed by atoms with E-state index in [4.69, 9.17) is 17.3 Å². The van der Waals surface area contributed by atoms with Crippen LogP contribution in [-0.4, -0.2) is 15.8 Å². The van der Waals surface area contributed by atoms with Gasteiger partial charge in [-0.15, -0.1) is 0 Å². The minimum atomic E-state index is 0.0477. The molecule has 2 aromatic rings. The van der Waals surface area contributed by atoms with E-state index in [9.17, 15) is 0 Å². The first kappa shape index (κ1) is 16.5. The second-order valence-corrected chi connectivity index (χ2v) is 6.40. The summed E-state index contributed by atoms with van der Waals surface area (Å²) in [5, 5.41) is 5.37. The Bertz CT molecular complexity index is 610. The molecule has 3 nitrogen and oxygen atoms in total. The van der Waals surface area contributed by atoms with Gasteiger partial charge in [-0.05, 0) is 53.4 Å². The zero-order valence-electron chi connectivity index (χ0n) is 12.4. The Balaban J connectivity index is 2.12. The van der Waals surface area contributed by atoms with Gasteiger partial charge in [0, 0.05) is 24.0 Å². The van der Waals surface area contributed by atoms with Crippen LogP contribution in [0.5, 0.6) is 0 Å². The van der Waals surface area contributed by atoms with Gasteiger partial charge < -0.3 is 5.73 Å². The molecule has 0 saturated carbocycles. The normalized spacial score (nSPS) is 12.6. The van der Waals surface area contributed by atoms with Crippen molar-refractivity contribution in [2.24, 2.45) is 5.73 Å². The molecule has 5 heteroatoms. The van der Waals surface area contributed by atoms with E-state index in [1.54, 1.807) is 0 Å². The number of halogens is 2. The first-order chi connectivity index (χ1) is 10.0. The fraction of sp³-hybridized carbons (Fsp3) is 0.438. The minimum Gasteiger partial charge on any atom is -0.327 e. The summed E-state index contributed by atoms with van der Waals surface area (Å²) in [6.45, 7) is 5.07. The van der Waals surface area contributed by atoms with E-state index >= 15 is 0 Å². The maximum atomic E-state index is 6.33. The van der Waals surface area contributed by atoms with E-state index in [1.165, 1.54) is 11.3 Å². The highest BCUT2D eigenvalue weighted by Gasteiger charge is 2.16. The van der Waals surface area contributed by atoms with Crippen molar-refractivity contribution in [3.05, 3.63) is 50.7 Å². The van der Waals surface area contributed by atoms with E-state index in [-0.39, 0.29) is 6.04 Å². The molecule has 21 heavy (non-hydrogen) atoms. The van der Waals surface area contributed by atoms with Crippen LogP contribution in [0.2, 0.25) is 5.02 Å². The minimum absolute atomic E-state index is 0.0477. The van der Waals surface area contributed by atoms with Gasteiger partial charge >= 0.3 is 0 Å². The number of nitrogens with two attached hydrogens (primary N) is 1. The molecule has 1 heterocycles. The van der Waals surface area contributed by atoms with Gasteiger partial charge in [0.2, 0.25) is 0 Å². The van der Waals surface area contributed by atoms with Crippen molar-refractivity contribution in [1.82, 2.24) is 9.78 Å². The third kappa shape index (κ3) is 4.09. The molecule has 0 aliphatic carbocycles. The molecule has 1 aromatic heterocycles. The smallest absolute Gasteiger partial charge is 0.0766 e. The lowest BCUT2D eigenvalue weighted by Gasteiger charge is -2.13. The maximum absolute atomic E-state index is 6.33. The molecule has 0 aliphatic heterocycles. The van der Waals surface area contributed by atoms with Crippen molar-refractivity contribution in [2.75, 3.05) is 0 Å². The molecule has 0 bridgehead atoms. The van der Waals surface area contributed by atoms with Crippen molar-refractivity contribution >= 4 is 27.5 Å². The number of nitrogens with zero attached hydrogens (tertiary/aromatic N) is 2. The van der Waals surface area contributed by atoms with Crippen LogP contribution in [0, 0.1) is 0 Å². The van der Waals surface area contributed by atoms with Crippen LogP contribution in [0.3, 0.4) is 0 Å². The van der Waals surface area contributed by atoms with Crippen molar-refractivity contribution in [3.63, 3.8) is 0 Å². The molecule has 0 fully saturated rings. The summed E-state index contributed by atoms with van der Waals surface area (Å²) in [7, 11) is 0. The van der Waals surface area contributed by atoms with E-state index in [0.717, 1.165) is 41.0 Å². The van der Waals surface area contributed by atoms with E-state index < -0.39 is 0 Å². The molecule has 0 aliphatic rings. The Morgan fingerprint density at radius 1 is 1.33 bits per heavy atom. The maximum Gasteiger partial charge on any atom is 0.0766 e. The van der Waals surface area contributed by atoms with Gasteiger partial charge in [0.25, 0.3) is 0 Å². The van der Waals surface area contributed by atoms with Crippen LogP contribution in [0.15, 0.2) is 28.7 Å². The monoisotopic (exact) mass is 369 g/mol. The number of hydrogen-bond donors (Lipinski definition) is 1. The molecule has 0 radical (unpaired) electrons. The second kappa shape index (κ2) is 7.43. The van der Waals surface area contributed by atoms with Gasteiger partial charge in [-0.2, -0.15) is 5.10 Å². The van der Waals surface area contributed by atoms with Crippen molar-refractivity contribution in [2.45, 2.75) is 45.7 Å². The number of benzene rings is 1. The Labute approximate surface area is 139 Å². The quantitative estimate of drug-likeness (QED) is 0.835. The Morgan fingerprint density at radius 3 is 2.71 bits per heavy atom. The van der Waals surface area contributed by atoms with Crippen LogP contribution >= 0.6 is 27.5 Å². The molecular formula is C16H21BrClN3. The summed E-state index contributed by atoms with van der Waals surface area (Å²) < 4.78 is 3.15. The van der Waals surface area contributed by atoms with E-state index in [2.05, 4.69) is 40.9 Å². The topological polar surface area (TPSA) is 43.8 Å². The van der Waals surface area contributed by atoms with E-state index in [1.807, 2.05) is 22.9 Å². The summed E-state index contributed by atoms with van der Waals surface area (Å²) in [6, 6.07) is 7.94. The number of hydrogen-bond acceptors (Lipinski definition) is 2. The van der Waals surface area contributed by atoms with Gasteiger partial charge in [-0.1, -0.05) is 30.7 Å². The highest BCUT2D eigenvalue weighted by atomic mass is 79.9. The van der Waals surface area contributed by atoms with Crippen molar-refractivity contribution < 1.29 is 0 Å². The summed E-state index contributed by atoms with van der Waals surface area (Å²) >= 11 is 9.69. The average molecular weight is 371 g/mol. The summed E-state index contributed by atoms with van der Waals surface area (Å²) in [5.74, 6) is 0. The van der Waals surface area contributed by atoms with Crippen LogP contribution in [0.4, 0.5) is 0 Å². The van der Waals surface area contributed by atoms with Gasteiger partial charge in [-0.3, -0.25) is 4.68 Å². The zero-order valence-corrected chi connectivity index (χ0v) is 14.8. The molecule has 114 valence electrons. The summed E-state index contributed by atoms with van der Waals surface area (Å²) in [4.78, 5) is 0. The number of aryl methyl sites for hydroxylation is 2. The van der Waals surface area contributed by atoms with E-state index in [0.29, 0.717) is 0 Å². The molecule has 2 rings (SSSR count). The lowest BCUT2D eigenvalue weighted by atomic mass is 10.0. The third-order valence-corrected chi connectivity index (χ3v) is 4.69. The SMILES string of the molecule is CCc1nn(CC)c(CC(N)Cc2cccc(Cl)c2)c1Br. The number of aromatic nitrogens is 2. The fourth-order valence-corrected chi connectivity index (χ4v) is 3.44. The van der Waals surface area contributed by atoms with Crippen molar-refractivity contribution in [1.29, 1.82) is 0 Å². The molecule has 2 N–H and O–H groups in total. The molecule has 0 spiro atoms. The first-order valence-corrected chi connectivity index (χ1v) is 8.46. The predicted molar refractivity (Wildman–Crippen MR) is 91.8 cm³/mol. The molecule has 0 saturated heterocycles. The second-order valence-electron chi connectivity index (χ2n) is 5.17. The van der Waals surface area contributed by atoms with Crippen LogP contribution in [-0.2, 0) is 25.8 Å². The van der Waals surface area contributed by atoms with Gasteiger partial charge in [0.05, 0.1) is 15.9 Å². The highest BCUT2D eigenvalue weighted by molar-refractivity contribution is 9.10. The zero-order chi connectivity index (χ0) is 15.4. The van der Waals surface area contributed by atoms with Gasteiger partial charge in [0.15, 0.2) is 0 Å². The largest absolute Gasteiger partial charge is 0.327 e. The molecule has 1 unspecified atom stereocenters. The molecule has 1 aromatic carbocycles. The lowest BCUT2D eigenvalue weighted by molar-refractivity contribution is 0.572. The van der Waals surface area contributed by atoms with Crippen LogP contribution in [0.25, 0.3) is 0 Å².